The van der Waals surface area contributed by atoms with Crippen molar-refractivity contribution in [3.8, 4) is 17.1 Å². The van der Waals surface area contributed by atoms with Crippen molar-refractivity contribution in [1.82, 2.24) is 19.9 Å². The quantitative estimate of drug-likeness (QED) is 0.708. The van der Waals surface area contributed by atoms with Gasteiger partial charge in [-0.25, -0.2) is 15.0 Å². The molecule has 0 spiro atoms. The summed E-state index contributed by atoms with van der Waals surface area (Å²) in [6.45, 7) is 1.44. The standard InChI is InChI=1S/C18H18ClN5O2/c1-26-14-10-20-9-13-16(14)18(24-6-3-12(25)4-7-24)23-17(22-13)11-2-5-21-15(19)8-11/h2,5,8-10,12,25H,3-4,6-7H2,1H3. The number of aromatic nitrogens is 4. The Labute approximate surface area is 155 Å². The van der Waals surface area contributed by atoms with Crippen molar-refractivity contribution in [3.63, 3.8) is 0 Å². The lowest BCUT2D eigenvalue weighted by atomic mass is 10.1. The summed E-state index contributed by atoms with van der Waals surface area (Å²) >= 11 is 6.03. The van der Waals surface area contributed by atoms with Gasteiger partial charge in [-0.05, 0) is 25.0 Å². The summed E-state index contributed by atoms with van der Waals surface area (Å²) in [5.41, 5.74) is 1.48. The Morgan fingerprint density at radius 2 is 2.04 bits per heavy atom. The first-order valence-electron chi connectivity index (χ1n) is 8.40. The fourth-order valence-corrected chi connectivity index (χ4v) is 3.34. The van der Waals surface area contributed by atoms with E-state index in [-0.39, 0.29) is 6.10 Å². The fraction of sp³-hybridized carbons (Fsp3) is 0.333. The average molecular weight is 372 g/mol. The molecule has 0 unspecified atom stereocenters. The van der Waals surface area contributed by atoms with Crippen LogP contribution in [0.4, 0.5) is 5.82 Å². The fourth-order valence-electron chi connectivity index (χ4n) is 3.17. The Morgan fingerprint density at radius 3 is 2.77 bits per heavy atom. The van der Waals surface area contributed by atoms with Crippen molar-refractivity contribution in [2.45, 2.75) is 18.9 Å². The number of piperidine rings is 1. The largest absolute Gasteiger partial charge is 0.494 e. The molecule has 1 fully saturated rings. The third-order valence-electron chi connectivity index (χ3n) is 4.52. The van der Waals surface area contributed by atoms with Gasteiger partial charge in [-0.1, -0.05) is 11.6 Å². The Kier molecular flexibility index (Phi) is 4.57. The molecule has 0 aromatic carbocycles. The zero-order valence-electron chi connectivity index (χ0n) is 14.3. The summed E-state index contributed by atoms with van der Waals surface area (Å²) in [5.74, 6) is 1.96. The number of aliphatic hydroxyl groups excluding tert-OH is 1. The van der Waals surface area contributed by atoms with E-state index in [0.717, 1.165) is 29.9 Å². The summed E-state index contributed by atoms with van der Waals surface area (Å²) < 4.78 is 5.50. The van der Waals surface area contributed by atoms with Gasteiger partial charge in [0.25, 0.3) is 0 Å². The van der Waals surface area contributed by atoms with Gasteiger partial charge in [0.15, 0.2) is 5.82 Å². The molecule has 4 heterocycles. The number of fused-ring (bicyclic) bond motifs is 1. The first-order chi connectivity index (χ1) is 12.7. The van der Waals surface area contributed by atoms with Gasteiger partial charge in [-0.3, -0.25) is 4.98 Å². The number of rotatable bonds is 3. The highest BCUT2D eigenvalue weighted by Crippen LogP contribution is 2.34. The van der Waals surface area contributed by atoms with Crippen molar-refractivity contribution in [2.75, 3.05) is 25.1 Å². The highest BCUT2D eigenvalue weighted by molar-refractivity contribution is 6.29. The molecular weight excluding hydrogens is 354 g/mol. The van der Waals surface area contributed by atoms with Gasteiger partial charge in [0.2, 0.25) is 0 Å². The molecular formula is C18H18ClN5O2. The van der Waals surface area contributed by atoms with Crippen molar-refractivity contribution in [1.29, 1.82) is 0 Å². The van der Waals surface area contributed by atoms with Crippen LogP contribution in [0.3, 0.4) is 0 Å². The second-order valence-electron chi connectivity index (χ2n) is 6.19. The third-order valence-corrected chi connectivity index (χ3v) is 4.73. The molecule has 0 bridgehead atoms. The second-order valence-corrected chi connectivity index (χ2v) is 6.58. The van der Waals surface area contributed by atoms with E-state index in [9.17, 15) is 5.11 Å². The molecule has 7 nitrogen and oxygen atoms in total. The van der Waals surface area contributed by atoms with Crippen LogP contribution in [0.1, 0.15) is 12.8 Å². The average Bonchev–Trinajstić information content (AvgIpc) is 2.67. The molecule has 3 aromatic heterocycles. The topological polar surface area (TPSA) is 84.3 Å². The lowest BCUT2D eigenvalue weighted by molar-refractivity contribution is 0.145. The van der Waals surface area contributed by atoms with Gasteiger partial charge in [-0.15, -0.1) is 0 Å². The van der Waals surface area contributed by atoms with Crippen molar-refractivity contribution in [2.24, 2.45) is 0 Å². The summed E-state index contributed by atoms with van der Waals surface area (Å²) in [5, 5.41) is 11.0. The summed E-state index contributed by atoms with van der Waals surface area (Å²) in [6, 6.07) is 3.56. The van der Waals surface area contributed by atoms with Crippen LogP contribution in [-0.4, -0.2) is 51.3 Å². The van der Waals surface area contributed by atoms with Gasteiger partial charge in [0.05, 0.1) is 36.5 Å². The highest BCUT2D eigenvalue weighted by Gasteiger charge is 2.23. The second kappa shape index (κ2) is 7.01. The summed E-state index contributed by atoms with van der Waals surface area (Å²) in [4.78, 5) is 19.9. The van der Waals surface area contributed by atoms with E-state index in [4.69, 9.17) is 21.3 Å². The Morgan fingerprint density at radius 1 is 1.23 bits per heavy atom. The van der Waals surface area contributed by atoms with Crippen molar-refractivity contribution in [3.05, 3.63) is 35.9 Å². The predicted octanol–water partition coefficient (Wildman–Crippen LogP) is 2.71. The van der Waals surface area contributed by atoms with Crippen LogP contribution in [0.2, 0.25) is 5.15 Å². The number of methoxy groups -OCH3 is 1. The first-order valence-corrected chi connectivity index (χ1v) is 8.78. The van der Waals surface area contributed by atoms with Gasteiger partial charge in [-0.2, -0.15) is 0 Å². The van der Waals surface area contributed by atoms with E-state index in [0.29, 0.717) is 35.1 Å². The Bertz CT molecular complexity index is 944. The lowest BCUT2D eigenvalue weighted by Crippen LogP contribution is -2.36. The van der Waals surface area contributed by atoms with E-state index in [1.54, 1.807) is 31.8 Å². The SMILES string of the molecule is COc1cncc2nc(-c3ccnc(Cl)c3)nc(N3CCC(O)CC3)c12. The van der Waals surface area contributed by atoms with Crippen LogP contribution >= 0.6 is 11.6 Å². The minimum Gasteiger partial charge on any atom is -0.494 e. The molecule has 0 radical (unpaired) electrons. The molecule has 0 aliphatic carbocycles. The lowest BCUT2D eigenvalue weighted by Gasteiger charge is -2.31. The van der Waals surface area contributed by atoms with Gasteiger partial charge in [0, 0.05) is 24.8 Å². The molecule has 1 N–H and O–H groups in total. The third kappa shape index (κ3) is 3.15. The van der Waals surface area contributed by atoms with Gasteiger partial charge in [0.1, 0.15) is 16.7 Å². The minimum absolute atomic E-state index is 0.263. The maximum Gasteiger partial charge on any atom is 0.162 e. The zero-order valence-corrected chi connectivity index (χ0v) is 15.0. The van der Waals surface area contributed by atoms with Gasteiger partial charge < -0.3 is 14.7 Å². The van der Waals surface area contributed by atoms with E-state index in [2.05, 4.69) is 19.9 Å². The van der Waals surface area contributed by atoms with Crippen LogP contribution in [0.5, 0.6) is 5.75 Å². The molecule has 0 atom stereocenters. The molecule has 1 aliphatic heterocycles. The van der Waals surface area contributed by atoms with Crippen LogP contribution in [0.15, 0.2) is 30.7 Å². The van der Waals surface area contributed by atoms with Crippen LogP contribution < -0.4 is 9.64 Å². The number of anilines is 1. The van der Waals surface area contributed by atoms with E-state index in [1.807, 2.05) is 6.07 Å². The Hall–Kier alpha value is -2.51. The van der Waals surface area contributed by atoms with E-state index < -0.39 is 0 Å². The summed E-state index contributed by atoms with van der Waals surface area (Å²) in [6.07, 6.45) is 6.14. The number of halogens is 1. The molecule has 0 amide bonds. The number of hydrogen-bond acceptors (Lipinski definition) is 7. The van der Waals surface area contributed by atoms with Crippen molar-refractivity contribution >= 4 is 28.3 Å². The molecule has 134 valence electrons. The molecule has 3 aromatic rings. The number of ether oxygens (including phenoxy) is 1. The predicted molar refractivity (Wildman–Crippen MR) is 99.6 cm³/mol. The summed E-state index contributed by atoms with van der Waals surface area (Å²) in [7, 11) is 1.61. The highest BCUT2D eigenvalue weighted by atomic mass is 35.5. The minimum atomic E-state index is -0.263. The molecule has 8 heteroatoms. The number of pyridine rings is 2. The normalized spacial score (nSPS) is 15.4. The van der Waals surface area contributed by atoms with Crippen LogP contribution in [-0.2, 0) is 0 Å². The molecule has 1 saturated heterocycles. The maximum absolute atomic E-state index is 9.84. The molecule has 26 heavy (non-hydrogen) atoms. The van der Waals surface area contributed by atoms with Gasteiger partial charge >= 0.3 is 0 Å². The van der Waals surface area contributed by atoms with Crippen LogP contribution in [0, 0.1) is 0 Å². The first kappa shape index (κ1) is 16.9. The number of hydrogen-bond donors (Lipinski definition) is 1. The van der Waals surface area contributed by atoms with E-state index >= 15 is 0 Å². The molecule has 1 aliphatic rings. The van der Waals surface area contributed by atoms with Crippen molar-refractivity contribution < 1.29 is 9.84 Å². The smallest absolute Gasteiger partial charge is 0.162 e. The van der Waals surface area contributed by atoms with Crippen LogP contribution in [0.25, 0.3) is 22.3 Å². The Balaban J connectivity index is 1.91. The molecule has 4 rings (SSSR count). The monoisotopic (exact) mass is 371 g/mol. The number of nitrogens with zero attached hydrogens (tertiary/aromatic N) is 5. The zero-order chi connectivity index (χ0) is 18.1. The maximum atomic E-state index is 9.84. The molecule has 0 saturated carbocycles. The number of aliphatic hydroxyl groups is 1. The van der Waals surface area contributed by atoms with E-state index in [1.165, 1.54) is 0 Å².